The maximum atomic E-state index is 10.5. The van der Waals surface area contributed by atoms with Crippen LogP contribution in [0.4, 0.5) is 5.69 Å². The number of fused-ring (bicyclic) bond motifs is 1. The highest BCUT2D eigenvalue weighted by molar-refractivity contribution is 5.56. The zero-order valence-corrected chi connectivity index (χ0v) is 7.10. The smallest absolute Gasteiger partial charge is 0.311 e. The van der Waals surface area contributed by atoms with E-state index in [2.05, 4.69) is 0 Å². The van der Waals surface area contributed by atoms with Crippen LogP contribution in [-0.2, 0) is 11.3 Å². The minimum absolute atomic E-state index is 0.101. The Morgan fingerprint density at radius 3 is 3.00 bits per heavy atom. The summed E-state index contributed by atoms with van der Waals surface area (Å²) in [6.45, 7) is 0.229. The molecule has 0 fully saturated rings. The lowest BCUT2D eigenvalue weighted by Gasteiger charge is -2.17. The number of phenolic OH excluding ortho intramolecular Hbond substituents is 1. The maximum absolute atomic E-state index is 10.5. The number of nitro benzene ring substituents is 1. The van der Waals surface area contributed by atoms with Crippen LogP contribution in [0, 0.1) is 10.1 Å². The van der Waals surface area contributed by atoms with Crippen molar-refractivity contribution in [2.45, 2.75) is 6.61 Å². The van der Waals surface area contributed by atoms with Gasteiger partial charge in [-0.25, -0.2) is 0 Å². The molecule has 0 saturated heterocycles. The molecule has 1 aromatic carbocycles. The van der Waals surface area contributed by atoms with Gasteiger partial charge in [0.1, 0.15) is 5.75 Å². The van der Waals surface area contributed by atoms with Crippen molar-refractivity contribution in [1.82, 2.24) is 0 Å². The fourth-order valence-corrected chi connectivity index (χ4v) is 1.28. The molecule has 6 heteroatoms. The topological polar surface area (TPSA) is 81.8 Å². The molecule has 1 heterocycles. The lowest BCUT2D eigenvalue weighted by atomic mass is 10.1. The van der Waals surface area contributed by atoms with Crippen molar-refractivity contribution in [2.75, 3.05) is 6.79 Å². The normalized spacial score (nSPS) is 14.3. The zero-order chi connectivity index (χ0) is 10.1. The third-order valence-corrected chi connectivity index (χ3v) is 1.96. The zero-order valence-electron chi connectivity index (χ0n) is 7.10. The molecule has 1 aromatic rings. The number of aromatic hydroxyl groups is 1. The van der Waals surface area contributed by atoms with Crippen LogP contribution in [0.3, 0.4) is 0 Å². The van der Waals surface area contributed by atoms with E-state index in [1.807, 2.05) is 0 Å². The maximum Gasteiger partial charge on any atom is 0.311 e. The first-order valence-corrected chi connectivity index (χ1v) is 3.90. The molecular weight excluding hydrogens is 190 g/mol. The SMILES string of the molecule is O=[N+]([O-])c1ccc2c(c1O)COCO2. The Kier molecular flexibility index (Phi) is 1.97. The van der Waals surface area contributed by atoms with Crippen LogP contribution in [0.2, 0.25) is 0 Å². The Morgan fingerprint density at radius 1 is 1.50 bits per heavy atom. The number of hydrogen-bond donors (Lipinski definition) is 1. The third kappa shape index (κ3) is 1.25. The third-order valence-electron chi connectivity index (χ3n) is 1.96. The van der Waals surface area contributed by atoms with Gasteiger partial charge in [0.15, 0.2) is 6.79 Å². The predicted molar refractivity (Wildman–Crippen MR) is 45.0 cm³/mol. The highest BCUT2D eigenvalue weighted by Crippen LogP contribution is 2.38. The second-order valence-electron chi connectivity index (χ2n) is 2.78. The molecule has 2 rings (SSSR count). The Morgan fingerprint density at radius 2 is 2.29 bits per heavy atom. The Balaban J connectivity index is 2.54. The van der Waals surface area contributed by atoms with Crippen molar-refractivity contribution in [2.24, 2.45) is 0 Å². The van der Waals surface area contributed by atoms with Gasteiger partial charge in [-0.2, -0.15) is 0 Å². The van der Waals surface area contributed by atoms with E-state index >= 15 is 0 Å². The van der Waals surface area contributed by atoms with Gasteiger partial charge in [-0.1, -0.05) is 0 Å². The van der Waals surface area contributed by atoms with Gasteiger partial charge in [0, 0.05) is 6.07 Å². The first kappa shape index (κ1) is 8.76. The summed E-state index contributed by atoms with van der Waals surface area (Å²) < 4.78 is 9.94. The van der Waals surface area contributed by atoms with Crippen molar-refractivity contribution < 1.29 is 19.5 Å². The first-order chi connectivity index (χ1) is 6.70. The van der Waals surface area contributed by atoms with Gasteiger partial charge in [0.05, 0.1) is 17.1 Å². The average molecular weight is 197 g/mol. The molecule has 0 amide bonds. The number of nitro groups is 1. The Hall–Kier alpha value is -1.82. The number of ether oxygens (including phenoxy) is 2. The van der Waals surface area contributed by atoms with E-state index < -0.39 is 4.92 Å². The highest BCUT2D eigenvalue weighted by Gasteiger charge is 2.23. The summed E-state index contributed by atoms with van der Waals surface area (Å²) >= 11 is 0. The number of benzene rings is 1. The number of hydrogen-bond acceptors (Lipinski definition) is 5. The molecule has 0 atom stereocenters. The van der Waals surface area contributed by atoms with Gasteiger partial charge in [0.25, 0.3) is 0 Å². The molecular formula is C8H7NO5. The lowest BCUT2D eigenvalue weighted by molar-refractivity contribution is -0.386. The second-order valence-corrected chi connectivity index (χ2v) is 2.78. The quantitative estimate of drug-likeness (QED) is 0.539. The summed E-state index contributed by atoms with van der Waals surface area (Å²) in [6.07, 6.45) is 0. The molecule has 74 valence electrons. The molecule has 0 aliphatic carbocycles. The molecule has 0 aromatic heterocycles. The highest BCUT2D eigenvalue weighted by atomic mass is 16.7. The molecule has 0 spiro atoms. The van der Waals surface area contributed by atoms with E-state index in [1.54, 1.807) is 0 Å². The molecule has 1 N–H and O–H groups in total. The largest absolute Gasteiger partial charge is 0.502 e. The van der Waals surface area contributed by atoms with Crippen LogP contribution in [-0.4, -0.2) is 16.8 Å². The van der Waals surface area contributed by atoms with E-state index in [9.17, 15) is 15.2 Å². The minimum atomic E-state index is -0.649. The van der Waals surface area contributed by atoms with Gasteiger partial charge >= 0.3 is 5.69 Å². The summed E-state index contributed by atoms with van der Waals surface area (Å²) in [7, 11) is 0. The predicted octanol–water partition coefficient (Wildman–Crippen LogP) is 1.17. The van der Waals surface area contributed by atoms with Crippen molar-refractivity contribution in [3.05, 3.63) is 27.8 Å². The minimum Gasteiger partial charge on any atom is -0.502 e. The fourth-order valence-electron chi connectivity index (χ4n) is 1.28. The van der Waals surface area contributed by atoms with Gasteiger partial charge in [-0.3, -0.25) is 10.1 Å². The number of phenols is 1. The average Bonchev–Trinajstić information content (AvgIpc) is 2.18. The molecule has 1 aliphatic heterocycles. The molecule has 0 saturated carbocycles. The first-order valence-electron chi connectivity index (χ1n) is 3.90. The summed E-state index contributed by atoms with van der Waals surface area (Å²) in [5.74, 6) is 0.0477. The van der Waals surface area contributed by atoms with E-state index in [0.29, 0.717) is 11.3 Å². The number of nitrogens with zero attached hydrogens (tertiary/aromatic N) is 1. The van der Waals surface area contributed by atoms with Gasteiger partial charge < -0.3 is 14.6 Å². The van der Waals surface area contributed by atoms with Crippen LogP contribution in [0.25, 0.3) is 0 Å². The molecule has 1 aliphatic rings. The van der Waals surface area contributed by atoms with Crippen LogP contribution in [0.5, 0.6) is 11.5 Å². The Labute approximate surface area is 78.8 Å². The molecule has 0 unspecified atom stereocenters. The summed E-state index contributed by atoms with van der Waals surface area (Å²) in [5, 5.41) is 20.0. The van der Waals surface area contributed by atoms with E-state index in [0.717, 1.165) is 0 Å². The monoisotopic (exact) mass is 197 g/mol. The molecule has 0 radical (unpaired) electrons. The van der Waals surface area contributed by atoms with Crippen molar-refractivity contribution in [3.63, 3.8) is 0 Å². The standard InChI is InChI=1S/C8H7NO5/c10-8-5-3-13-4-14-7(5)2-1-6(8)9(11)12/h1-2,10H,3-4H2. The van der Waals surface area contributed by atoms with Gasteiger partial charge in [-0.15, -0.1) is 0 Å². The van der Waals surface area contributed by atoms with Crippen molar-refractivity contribution in [3.8, 4) is 11.5 Å². The Bertz CT molecular complexity index is 390. The van der Waals surface area contributed by atoms with Crippen LogP contribution in [0.1, 0.15) is 5.56 Å². The van der Waals surface area contributed by atoms with E-state index in [4.69, 9.17) is 9.47 Å². The molecule has 0 bridgehead atoms. The molecule has 6 nitrogen and oxygen atoms in total. The molecule has 14 heavy (non-hydrogen) atoms. The van der Waals surface area contributed by atoms with E-state index in [1.165, 1.54) is 12.1 Å². The lowest BCUT2D eigenvalue weighted by Crippen LogP contribution is -2.11. The van der Waals surface area contributed by atoms with Crippen molar-refractivity contribution in [1.29, 1.82) is 0 Å². The van der Waals surface area contributed by atoms with Gasteiger partial charge in [0.2, 0.25) is 5.75 Å². The van der Waals surface area contributed by atoms with E-state index in [-0.39, 0.29) is 24.8 Å². The number of rotatable bonds is 1. The van der Waals surface area contributed by atoms with Gasteiger partial charge in [-0.05, 0) is 6.07 Å². The fraction of sp³-hybridized carbons (Fsp3) is 0.250. The van der Waals surface area contributed by atoms with Crippen LogP contribution >= 0.6 is 0 Å². The van der Waals surface area contributed by atoms with Crippen LogP contribution in [0.15, 0.2) is 12.1 Å². The van der Waals surface area contributed by atoms with Crippen LogP contribution < -0.4 is 4.74 Å². The summed E-state index contributed by atoms with van der Waals surface area (Å²) in [5.41, 5.74) is -0.0108. The van der Waals surface area contributed by atoms with Crippen molar-refractivity contribution >= 4 is 5.69 Å². The summed E-state index contributed by atoms with van der Waals surface area (Å²) in [4.78, 5) is 9.82. The second kappa shape index (κ2) is 3.15. The summed E-state index contributed by atoms with van der Waals surface area (Å²) in [6, 6.07) is 2.66.